The van der Waals surface area contributed by atoms with E-state index in [9.17, 15) is 9.59 Å². The van der Waals surface area contributed by atoms with E-state index in [1.165, 1.54) is 11.1 Å². The van der Waals surface area contributed by atoms with Crippen molar-refractivity contribution >= 4 is 17.5 Å². The molecule has 1 aromatic carbocycles. The van der Waals surface area contributed by atoms with Crippen molar-refractivity contribution in [3.8, 4) is 0 Å². The summed E-state index contributed by atoms with van der Waals surface area (Å²) >= 11 is 0. The number of anilines is 1. The minimum atomic E-state index is -0.294. The Morgan fingerprint density at radius 2 is 2.03 bits per heavy atom. The Morgan fingerprint density at radius 3 is 2.83 bits per heavy atom. The summed E-state index contributed by atoms with van der Waals surface area (Å²) in [5.74, 6) is 0.409. The molecule has 0 bridgehead atoms. The summed E-state index contributed by atoms with van der Waals surface area (Å²) in [6.07, 6.45) is 1.55. The highest BCUT2D eigenvalue weighted by Crippen LogP contribution is 2.44. The quantitative estimate of drug-likeness (QED) is 0.715. The van der Waals surface area contributed by atoms with Gasteiger partial charge >= 0.3 is 0 Å². The molecule has 1 aromatic heterocycles. The fourth-order valence-corrected chi connectivity index (χ4v) is 4.52. The molecular weight excluding hydrogens is 368 g/mol. The number of carbonyl (C=O) groups is 2. The molecule has 29 heavy (non-hydrogen) atoms. The lowest BCUT2D eigenvalue weighted by atomic mass is 9.99. The van der Waals surface area contributed by atoms with Crippen molar-refractivity contribution in [2.75, 3.05) is 32.1 Å². The van der Waals surface area contributed by atoms with Crippen LogP contribution in [0.5, 0.6) is 0 Å². The van der Waals surface area contributed by atoms with E-state index in [0.717, 1.165) is 24.3 Å². The second-order valence-corrected chi connectivity index (χ2v) is 7.97. The smallest absolute Gasteiger partial charge is 0.269 e. The number of hydrogen-bond donors (Lipinski definition) is 3. The van der Waals surface area contributed by atoms with E-state index in [-0.39, 0.29) is 23.6 Å². The van der Waals surface area contributed by atoms with Crippen molar-refractivity contribution < 1.29 is 14.3 Å². The number of carbonyl (C=O) groups excluding carboxylic acids is 2. The van der Waals surface area contributed by atoms with Crippen LogP contribution in [-0.4, -0.2) is 49.6 Å². The summed E-state index contributed by atoms with van der Waals surface area (Å²) in [5.41, 5.74) is 5.08. The maximum absolute atomic E-state index is 12.9. The highest BCUT2D eigenvalue weighted by Gasteiger charge is 2.54. The molecule has 2 fully saturated rings. The van der Waals surface area contributed by atoms with Gasteiger partial charge in [0.2, 0.25) is 0 Å². The van der Waals surface area contributed by atoms with Crippen LogP contribution < -0.4 is 16.0 Å². The topological polar surface area (TPSA) is 92.4 Å². The maximum atomic E-state index is 12.9. The van der Waals surface area contributed by atoms with Gasteiger partial charge < -0.3 is 20.7 Å². The Balaban J connectivity index is 1.42. The van der Waals surface area contributed by atoms with Crippen LogP contribution in [0.15, 0.2) is 30.3 Å². The molecule has 7 nitrogen and oxygen atoms in total. The summed E-state index contributed by atoms with van der Waals surface area (Å²) in [6, 6.07) is 9.75. The summed E-state index contributed by atoms with van der Waals surface area (Å²) in [6.45, 7) is 2.36. The van der Waals surface area contributed by atoms with Crippen LogP contribution in [0.25, 0.3) is 0 Å². The molecule has 0 spiro atoms. The van der Waals surface area contributed by atoms with E-state index in [4.69, 9.17) is 4.74 Å². The van der Waals surface area contributed by atoms with E-state index in [1.54, 1.807) is 19.2 Å². The SMILES string of the molecule is CNC(=O)c1cc(C(=O)NC2[C@H]3COC[C@@H]23)cc(Cc2cccc3c2CCN3)n1. The maximum Gasteiger partial charge on any atom is 0.269 e. The van der Waals surface area contributed by atoms with E-state index >= 15 is 0 Å². The van der Waals surface area contributed by atoms with Gasteiger partial charge in [-0.25, -0.2) is 4.98 Å². The van der Waals surface area contributed by atoms with Crippen molar-refractivity contribution in [3.63, 3.8) is 0 Å². The van der Waals surface area contributed by atoms with Gasteiger partial charge in [0.25, 0.3) is 11.8 Å². The van der Waals surface area contributed by atoms with Crippen LogP contribution >= 0.6 is 0 Å². The number of benzene rings is 1. The zero-order valence-corrected chi connectivity index (χ0v) is 16.3. The number of rotatable bonds is 5. The minimum absolute atomic E-state index is 0.154. The van der Waals surface area contributed by atoms with E-state index in [1.807, 2.05) is 6.07 Å². The molecule has 3 atom stereocenters. The van der Waals surface area contributed by atoms with Gasteiger partial charge in [0, 0.05) is 54.8 Å². The van der Waals surface area contributed by atoms with Gasteiger partial charge in [0.1, 0.15) is 5.69 Å². The Kier molecular flexibility index (Phi) is 4.47. The zero-order valence-electron chi connectivity index (χ0n) is 16.3. The first-order chi connectivity index (χ1) is 14.1. The fraction of sp³-hybridized carbons (Fsp3) is 0.409. The second-order valence-electron chi connectivity index (χ2n) is 7.97. The highest BCUT2D eigenvalue weighted by molar-refractivity contribution is 5.99. The molecule has 1 aliphatic carbocycles. The Hall–Kier alpha value is -2.93. The number of nitrogens with zero attached hydrogens (tertiary/aromatic N) is 1. The van der Waals surface area contributed by atoms with Crippen molar-refractivity contribution in [1.29, 1.82) is 0 Å². The Morgan fingerprint density at radius 1 is 1.21 bits per heavy atom. The van der Waals surface area contributed by atoms with Gasteiger partial charge in [-0.2, -0.15) is 0 Å². The number of nitrogens with one attached hydrogen (secondary N) is 3. The number of amides is 2. The Labute approximate surface area is 169 Å². The molecule has 150 valence electrons. The Bertz CT molecular complexity index is 980. The van der Waals surface area contributed by atoms with Crippen LogP contribution in [0, 0.1) is 11.8 Å². The van der Waals surface area contributed by atoms with Gasteiger partial charge in [-0.3, -0.25) is 9.59 Å². The largest absolute Gasteiger partial charge is 0.384 e. The number of ether oxygens (including phenoxy) is 1. The molecule has 3 N–H and O–H groups in total. The predicted molar refractivity (Wildman–Crippen MR) is 108 cm³/mol. The fourth-order valence-electron chi connectivity index (χ4n) is 4.52. The average Bonchev–Trinajstić information content (AvgIpc) is 3.14. The number of aromatic nitrogens is 1. The third-order valence-corrected chi connectivity index (χ3v) is 6.19. The monoisotopic (exact) mass is 392 g/mol. The molecule has 1 unspecified atom stereocenters. The van der Waals surface area contributed by atoms with Gasteiger partial charge in [-0.15, -0.1) is 0 Å². The van der Waals surface area contributed by atoms with Gasteiger partial charge in [0.15, 0.2) is 0 Å². The normalized spacial score (nSPS) is 23.7. The summed E-state index contributed by atoms with van der Waals surface area (Å²) in [5, 5.41) is 9.09. The third-order valence-electron chi connectivity index (χ3n) is 6.19. The summed E-state index contributed by atoms with van der Waals surface area (Å²) in [4.78, 5) is 29.6. The molecule has 1 saturated heterocycles. The number of pyridine rings is 1. The molecule has 0 radical (unpaired) electrons. The molecule has 7 heteroatoms. The molecular formula is C22H24N4O3. The average molecular weight is 392 g/mol. The van der Waals surface area contributed by atoms with Gasteiger partial charge in [-0.1, -0.05) is 12.1 Å². The molecule has 2 aliphatic heterocycles. The molecule has 5 rings (SSSR count). The second kappa shape index (κ2) is 7.15. The molecule has 3 heterocycles. The van der Waals surface area contributed by atoms with E-state index in [2.05, 4.69) is 33.1 Å². The predicted octanol–water partition coefficient (Wildman–Crippen LogP) is 1.37. The van der Waals surface area contributed by atoms with Crippen LogP contribution in [0.2, 0.25) is 0 Å². The zero-order chi connectivity index (χ0) is 20.0. The number of fused-ring (bicyclic) bond motifs is 2. The summed E-state index contributed by atoms with van der Waals surface area (Å²) in [7, 11) is 1.57. The molecule has 3 aliphatic rings. The number of hydrogen-bond acceptors (Lipinski definition) is 5. The third kappa shape index (κ3) is 3.35. The van der Waals surface area contributed by atoms with E-state index in [0.29, 0.717) is 37.0 Å². The molecule has 1 saturated carbocycles. The van der Waals surface area contributed by atoms with Gasteiger partial charge in [-0.05, 0) is 35.7 Å². The van der Waals surface area contributed by atoms with Crippen molar-refractivity contribution in [2.24, 2.45) is 11.8 Å². The van der Waals surface area contributed by atoms with Crippen LogP contribution in [-0.2, 0) is 17.6 Å². The lowest BCUT2D eigenvalue weighted by molar-refractivity contribution is 0.0928. The lowest BCUT2D eigenvalue weighted by Crippen LogP contribution is -2.30. The van der Waals surface area contributed by atoms with Crippen LogP contribution in [0.4, 0.5) is 5.69 Å². The van der Waals surface area contributed by atoms with Crippen molar-refractivity contribution in [2.45, 2.75) is 18.9 Å². The van der Waals surface area contributed by atoms with E-state index < -0.39 is 0 Å². The van der Waals surface area contributed by atoms with Crippen molar-refractivity contribution in [3.05, 3.63) is 58.4 Å². The first kappa shape index (κ1) is 18.1. The van der Waals surface area contributed by atoms with Crippen LogP contribution in [0.3, 0.4) is 0 Å². The first-order valence-corrected chi connectivity index (χ1v) is 10.1. The standard InChI is InChI=1S/C22H24N4O3/c1-23-22(28)19-9-13(21(27)26-20-16-10-29-11-17(16)20)8-14(25-19)7-12-3-2-4-18-15(12)5-6-24-18/h2-4,8-9,16-17,20,24H,5-7,10-11H2,1H3,(H,23,28)(H,26,27)/t16-,17+,20?. The van der Waals surface area contributed by atoms with Gasteiger partial charge in [0.05, 0.1) is 13.2 Å². The minimum Gasteiger partial charge on any atom is -0.384 e. The first-order valence-electron chi connectivity index (χ1n) is 10.1. The highest BCUT2D eigenvalue weighted by atomic mass is 16.5. The van der Waals surface area contributed by atoms with Crippen molar-refractivity contribution in [1.82, 2.24) is 15.6 Å². The summed E-state index contributed by atoms with van der Waals surface area (Å²) < 4.78 is 5.39. The van der Waals surface area contributed by atoms with Crippen LogP contribution in [0.1, 0.15) is 37.7 Å². The molecule has 2 amide bonds. The lowest BCUT2D eigenvalue weighted by Gasteiger charge is -2.12. The molecule has 2 aromatic rings.